The zero-order valence-corrected chi connectivity index (χ0v) is 12.2. The van der Waals surface area contributed by atoms with Gasteiger partial charge in [-0.2, -0.15) is 0 Å². The second-order valence-electron chi connectivity index (χ2n) is 4.73. The molecule has 0 spiro atoms. The Hall–Kier alpha value is -1.49. The number of benzene rings is 1. The number of carbonyl (C=O) groups is 2. The number of carbonyl (C=O) groups excluding carboxylic acids is 1. The monoisotopic (exact) mass is 281 g/mol. The SMILES string of the molecule is CC(C)CNC(=O)C(C)Sc1cccc(C(=O)O)c1. The average Bonchev–Trinajstić information content (AvgIpc) is 2.36. The van der Waals surface area contributed by atoms with Crippen LogP contribution in [0.2, 0.25) is 0 Å². The summed E-state index contributed by atoms with van der Waals surface area (Å²) < 4.78 is 0. The largest absolute Gasteiger partial charge is 0.478 e. The summed E-state index contributed by atoms with van der Waals surface area (Å²) in [6.45, 7) is 6.54. The van der Waals surface area contributed by atoms with Gasteiger partial charge in [-0.05, 0) is 31.0 Å². The first kappa shape index (κ1) is 15.6. The lowest BCUT2D eigenvalue weighted by Gasteiger charge is -2.13. The Morgan fingerprint density at radius 1 is 1.32 bits per heavy atom. The molecule has 1 atom stereocenters. The highest BCUT2D eigenvalue weighted by molar-refractivity contribution is 8.00. The molecule has 19 heavy (non-hydrogen) atoms. The van der Waals surface area contributed by atoms with Crippen LogP contribution in [0, 0.1) is 5.92 Å². The molecule has 104 valence electrons. The molecule has 2 N–H and O–H groups in total. The predicted molar refractivity (Wildman–Crippen MR) is 76.6 cm³/mol. The number of rotatable bonds is 6. The standard InChI is InChI=1S/C14H19NO3S/c1-9(2)8-15-13(16)10(3)19-12-6-4-5-11(7-12)14(17)18/h4-7,9-10H,8H2,1-3H3,(H,15,16)(H,17,18). The molecular formula is C14H19NO3S. The minimum absolute atomic E-state index is 0.0283. The Morgan fingerprint density at radius 3 is 2.58 bits per heavy atom. The first-order valence-corrected chi connectivity index (χ1v) is 7.06. The van der Waals surface area contributed by atoms with E-state index in [1.54, 1.807) is 12.1 Å². The van der Waals surface area contributed by atoms with E-state index in [1.165, 1.54) is 17.8 Å². The number of amides is 1. The molecule has 0 saturated carbocycles. The van der Waals surface area contributed by atoms with Gasteiger partial charge in [0.05, 0.1) is 10.8 Å². The van der Waals surface area contributed by atoms with Crippen LogP contribution in [0.15, 0.2) is 29.2 Å². The molecular weight excluding hydrogens is 262 g/mol. The number of carboxylic acid groups (broad SMARTS) is 1. The van der Waals surface area contributed by atoms with Gasteiger partial charge in [0, 0.05) is 11.4 Å². The lowest BCUT2D eigenvalue weighted by Crippen LogP contribution is -2.33. The average molecular weight is 281 g/mol. The molecule has 1 aromatic carbocycles. The van der Waals surface area contributed by atoms with Crippen molar-refractivity contribution < 1.29 is 14.7 Å². The van der Waals surface area contributed by atoms with E-state index in [1.807, 2.05) is 26.8 Å². The third kappa shape index (κ3) is 5.34. The van der Waals surface area contributed by atoms with Gasteiger partial charge in [-0.25, -0.2) is 4.79 Å². The summed E-state index contributed by atoms with van der Waals surface area (Å²) in [4.78, 5) is 23.5. The summed E-state index contributed by atoms with van der Waals surface area (Å²) in [5.74, 6) is -0.574. The number of thioether (sulfide) groups is 1. The van der Waals surface area contributed by atoms with Crippen molar-refractivity contribution in [3.63, 3.8) is 0 Å². The van der Waals surface area contributed by atoms with Crippen molar-refractivity contribution in [3.8, 4) is 0 Å². The molecule has 1 amide bonds. The van der Waals surface area contributed by atoms with E-state index >= 15 is 0 Å². The second kappa shape index (κ2) is 7.19. The van der Waals surface area contributed by atoms with E-state index in [-0.39, 0.29) is 16.7 Å². The van der Waals surface area contributed by atoms with E-state index in [9.17, 15) is 9.59 Å². The maximum atomic E-state index is 11.8. The first-order chi connectivity index (χ1) is 8.90. The van der Waals surface area contributed by atoms with E-state index in [0.717, 1.165) is 4.90 Å². The van der Waals surface area contributed by atoms with Crippen LogP contribution in [0.5, 0.6) is 0 Å². The lowest BCUT2D eigenvalue weighted by atomic mass is 10.2. The Balaban J connectivity index is 2.61. The Kier molecular flexibility index (Phi) is 5.89. The molecule has 5 heteroatoms. The molecule has 1 rings (SSSR count). The number of aromatic carboxylic acids is 1. The molecule has 0 radical (unpaired) electrons. The van der Waals surface area contributed by atoms with Crippen molar-refractivity contribution >= 4 is 23.6 Å². The quantitative estimate of drug-likeness (QED) is 0.787. The van der Waals surface area contributed by atoms with Crippen LogP contribution in [0.1, 0.15) is 31.1 Å². The highest BCUT2D eigenvalue weighted by atomic mass is 32.2. The fraction of sp³-hybridized carbons (Fsp3) is 0.429. The summed E-state index contributed by atoms with van der Waals surface area (Å²) in [7, 11) is 0. The molecule has 0 aliphatic rings. The normalized spacial score (nSPS) is 12.2. The predicted octanol–water partition coefficient (Wildman–Crippen LogP) is 2.64. The summed E-state index contributed by atoms with van der Waals surface area (Å²) >= 11 is 1.36. The Morgan fingerprint density at radius 2 is 2.00 bits per heavy atom. The molecule has 0 aliphatic heterocycles. The third-order valence-electron chi connectivity index (χ3n) is 2.45. The van der Waals surface area contributed by atoms with Gasteiger partial charge in [0.15, 0.2) is 0 Å². The van der Waals surface area contributed by atoms with Crippen LogP contribution in [0.4, 0.5) is 0 Å². The molecule has 0 aliphatic carbocycles. The van der Waals surface area contributed by atoms with Gasteiger partial charge in [-0.15, -0.1) is 11.8 Å². The van der Waals surface area contributed by atoms with Crippen LogP contribution in [-0.2, 0) is 4.79 Å². The lowest BCUT2D eigenvalue weighted by molar-refractivity contribution is -0.120. The molecule has 1 aromatic rings. The smallest absolute Gasteiger partial charge is 0.335 e. The number of nitrogens with one attached hydrogen (secondary N) is 1. The van der Waals surface area contributed by atoms with Gasteiger partial charge in [-0.3, -0.25) is 4.79 Å². The van der Waals surface area contributed by atoms with Gasteiger partial charge in [-0.1, -0.05) is 19.9 Å². The van der Waals surface area contributed by atoms with Gasteiger partial charge in [0.25, 0.3) is 0 Å². The summed E-state index contributed by atoms with van der Waals surface area (Å²) in [6, 6.07) is 6.61. The van der Waals surface area contributed by atoms with Crippen molar-refractivity contribution in [2.75, 3.05) is 6.54 Å². The van der Waals surface area contributed by atoms with E-state index in [2.05, 4.69) is 5.32 Å². The van der Waals surface area contributed by atoms with Crippen LogP contribution in [0.25, 0.3) is 0 Å². The topological polar surface area (TPSA) is 66.4 Å². The van der Waals surface area contributed by atoms with Crippen molar-refractivity contribution in [2.45, 2.75) is 30.9 Å². The highest BCUT2D eigenvalue weighted by Crippen LogP contribution is 2.24. The van der Waals surface area contributed by atoms with Gasteiger partial charge < -0.3 is 10.4 Å². The maximum absolute atomic E-state index is 11.8. The number of hydrogen-bond donors (Lipinski definition) is 2. The van der Waals surface area contributed by atoms with Gasteiger partial charge in [0.1, 0.15) is 0 Å². The molecule has 4 nitrogen and oxygen atoms in total. The van der Waals surface area contributed by atoms with Crippen molar-refractivity contribution in [2.24, 2.45) is 5.92 Å². The molecule has 0 heterocycles. The Bertz CT molecular complexity index is 460. The van der Waals surface area contributed by atoms with Crippen molar-refractivity contribution in [1.82, 2.24) is 5.32 Å². The molecule has 1 unspecified atom stereocenters. The number of hydrogen-bond acceptors (Lipinski definition) is 3. The summed E-state index contributed by atoms with van der Waals surface area (Å²) in [6.07, 6.45) is 0. The Labute approximate surface area is 117 Å². The molecule has 0 saturated heterocycles. The molecule has 0 aromatic heterocycles. The zero-order chi connectivity index (χ0) is 14.4. The zero-order valence-electron chi connectivity index (χ0n) is 11.3. The van der Waals surface area contributed by atoms with Crippen molar-refractivity contribution in [1.29, 1.82) is 0 Å². The second-order valence-corrected chi connectivity index (χ2v) is 6.15. The molecule has 0 bridgehead atoms. The van der Waals surface area contributed by atoms with Crippen LogP contribution < -0.4 is 5.32 Å². The highest BCUT2D eigenvalue weighted by Gasteiger charge is 2.15. The third-order valence-corrected chi connectivity index (χ3v) is 3.54. The van der Waals surface area contributed by atoms with Gasteiger partial charge in [0.2, 0.25) is 5.91 Å². The van der Waals surface area contributed by atoms with E-state index in [0.29, 0.717) is 12.5 Å². The fourth-order valence-corrected chi connectivity index (χ4v) is 2.36. The van der Waals surface area contributed by atoms with Crippen LogP contribution in [-0.4, -0.2) is 28.8 Å². The fourth-order valence-electron chi connectivity index (χ4n) is 1.41. The summed E-state index contributed by atoms with van der Waals surface area (Å²) in [5, 5.41) is 11.5. The minimum atomic E-state index is -0.959. The maximum Gasteiger partial charge on any atom is 0.335 e. The summed E-state index contributed by atoms with van der Waals surface area (Å²) in [5.41, 5.74) is 0.236. The van der Waals surface area contributed by atoms with Crippen LogP contribution in [0.3, 0.4) is 0 Å². The first-order valence-electron chi connectivity index (χ1n) is 6.18. The minimum Gasteiger partial charge on any atom is -0.478 e. The number of carboxylic acids is 1. The van der Waals surface area contributed by atoms with E-state index < -0.39 is 5.97 Å². The van der Waals surface area contributed by atoms with Crippen molar-refractivity contribution in [3.05, 3.63) is 29.8 Å². The van der Waals surface area contributed by atoms with Gasteiger partial charge >= 0.3 is 5.97 Å². The van der Waals surface area contributed by atoms with E-state index in [4.69, 9.17) is 5.11 Å². The molecule has 0 fully saturated rings. The van der Waals surface area contributed by atoms with Crippen LogP contribution >= 0.6 is 11.8 Å².